The first-order chi connectivity index (χ1) is 11.2. The predicted octanol–water partition coefficient (Wildman–Crippen LogP) is 5.54. The summed E-state index contributed by atoms with van der Waals surface area (Å²) < 4.78 is 22.7. The maximum absolute atomic E-state index is 11.1. The van der Waals surface area contributed by atoms with Crippen LogP contribution in [0.25, 0.3) is 0 Å². The summed E-state index contributed by atoms with van der Waals surface area (Å²) in [5, 5.41) is 16.5. The van der Waals surface area contributed by atoms with Crippen LogP contribution in [0.1, 0.15) is 96.8 Å². The van der Waals surface area contributed by atoms with Gasteiger partial charge in [0.15, 0.2) is 0 Å². The second kappa shape index (κ2) is 24.1. The van der Waals surface area contributed by atoms with Crippen LogP contribution in [0.2, 0.25) is 0 Å². The molecule has 1 radical (unpaired) electrons. The molecular formula is C16H36Na2O6P. The Kier molecular flexibility index (Phi) is 30.5. The molecule has 9 heteroatoms. The maximum Gasteiger partial charge on any atom is 0 e. The van der Waals surface area contributed by atoms with Gasteiger partial charge in [-0.25, -0.2) is 15.1 Å². The van der Waals surface area contributed by atoms with E-state index in [-0.39, 0.29) is 65.7 Å². The van der Waals surface area contributed by atoms with Gasteiger partial charge in [-0.2, -0.15) is 0 Å². The topological polar surface area (TPSA) is 85.2 Å². The van der Waals surface area contributed by atoms with Crippen molar-refractivity contribution >= 4 is 66.9 Å². The molecular weight excluding hydrogens is 365 g/mol. The normalized spacial score (nSPS) is 11.0. The molecule has 0 heterocycles. The minimum absolute atomic E-state index is 0. The van der Waals surface area contributed by atoms with Crippen LogP contribution in [0.5, 0.6) is 0 Å². The van der Waals surface area contributed by atoms with Gasteiger partial charge in [-0.15, -0.1) is 9.35 Å². The van der Waals surface area contributed by atoms with Crippen molar-refractivity contribution in [3.05, 3.63) is 0 Å². The molecule has 143 valence electrons. The Bertz CT molecular complexity index is 290. The second-order valence-corrected chi connectivity index (χ2v) is 7.52. The van der Waals surface area contributed by atoms with Gasteiger partial charge in [-0.3, -0.25) is 4.52 Å². The van der Waals surface area contributed by atoms with Crippen LogP contribution >= 0.6 is 7.82 Å². The number of hydrogen-bond donors (Lipinski definition) is 2. The van der Waals surface area contributed by atoms with E-state index in [1.807, 2.05) is 0 Å². The van der Waals surface area contributed by atoms with E-state index < -0.39 is 7.82 Å². The molecule has 6 nitrogen and oxygen atoms in total. The molecule has 0 unspecified atom stereocenters. The minimum atomic E-state index is -4.16. The molecule has 0 aromatic carbocycles. The molecule has 0 atom stereocenters. The first kappa shape index (κ1) is 31.7. The second-order valence-electron chi connectivity index (χ2n) is 6.04. The molecule has 0 aliphatic rings. The maximum atomic E-state index is 11.1. The summed E-state index contributed by atoms with van der Waals surface area (Å²) >= 11 is 0. The van der Waals surface area contributed by atoms with Gasteiger partial charge in [0.05, 0.1) is 6.61 Å². The monoisotopic (exact) mass is 401 g/mol. The van der Waals surface area contributed by atoms with Crippen LogP contribution in [-0.4, -0.2) is 76.2 Å². The molecule has 0 amide bonds. The van der Waals surface area contributed by atoms with Gasteiger partial charge < -0.3 is 0 Å². The first-order valence-electron chi connectivity index (χ1n) is 9.09. The number of phosphoric acid groups is 1. The zero-order valence-electron chi connectivity index (χ0n) is 15.6. The third-order valence-electron chi connectivity index (χ3n) is 3.95. The number of hydrogen-bond acceptors (Lipinski definition) is 6. The van der Waals surface area contributed by atoms with E-state index >= 15 is 0 Å². The molecule has 0 aromatic rings. The van der Waals surface area contributed by atoms with Gasteiger partial charge in [0.1, 0.15) is 0 Å². The molecule has 25 heavy (non-hydrogen) atoms. The molecule has 0 aromatic heterocycles. The van der Waals surface area contributed by atoms with E-state index in [0.717, 1.165) is 12.8 Å². The fourth-order valence-corrected chi connectivity index (χ4v) is 3.01. The zero-order valence-corrected chi connectivity index (χ0v) is 18.5. The smallest absolute Gasteiger partial charge is 0 e. The van der Waals surface area contributed by atoms with Crippen molar-refractivity contribution in [3.63, 3.8) is 0 Å². The van der Waals surface area contributed by atoms with Crippen molar-refractivity contribution in [3.8, 4) is 0 Å². The molecule has 0 aliphatic carbocycles. The molecule has 0 spiro atoms. The molecule has 0 bridgehead atoms. The number of unbranched alkanes of at least 4 members (excludes halogenated alkanes) is 13. The summed E-state index contributed by atoms with van der Waals surface area (Å²) in [5.41, 5.74) is 0. The number of rotatable bonds is 18. The fraction of sp³-hybridized carbons (Fsp3) is 1.00. The average molecular weight is 401 g/mol. The Labute approximate surface area is 197 Å². The van der Waals surface area contributed by atoms with E-state index in [1.165, 1.54) is 70.6 Å². The first-order valence-corrected chi connectivity index (χ1v) is 10.6. The average Bonchev–Trinajstić information content (AvgIpc) is 2.58. The van der Waals surface area contributed by atoms with Crippen molar-refractivity contribution in [2.75, 3.05) is 6.61 Å². The predicted molar refractivity (Wildman–Crippen MR) is 104 cm³/mol. The van der Waals surface area contributed by atoms with Gasteiger partial charge in [0, 0.05) is 29.6 Å². The molecule has 0 saturated carbocycles. The van der Waals surface area contributed by atoms with Crippen LogP contribution in [0.15, 0.2) is 0 Å². The van der Waals surface area contributed by atoms with E-state index in [2.05, 4.69) is 20.8 Å². The largest absolute Gasteiger partial charge is 0 e. The Hall–Kier alpha value is 2.03. The SMILES string of the molecule is CCCCCCCCCCCCCCCCOP(=O)(OO)OO.[NaH].[Na]. The summed E-state index contributed by atoms with van der Waals surface area (Å²) in [6, 6.07) is 0. The summed E-state index contributed by atoms with van der Waals surface area (Å²) in [4.78, 5) is 0. The van der Waals surface area contributed by atoms with Crippen LogP contribution in [0, 0.1) is 0 Å². The van der Waals surface area contributed by atoms with E-state index in [1.54, 1.807) is 0 Å². The van der Waals surface area contributed by atoms with E-state index in [9.17, 15) is 4.57 Å². The summed E-state index contributed by atoms with van der Waals surface area (Å²) in [7, 11) is -4.16. The molecule has 0 fully saturated rings. The van der Waals surface area contributed by atoms with Crippen molar-refractivity contribution < 1.29 is 29.0 Å². The Morgan fingerprint density at radius 2 is 1.00 bits per heavy atom. The van der Waals surface area contributed by atoms with Crippen molar-refractivity contribution in [1.29, 1.82) is 0 Å². The molecule has 0 saturated heterocycles. The molecule has 2 N–H and O–H groups in total. The van der Waals surface area contributed by atoms with Crippen molar-refractivity contribution in [2.24, 2.45) is 0 Å². The Morgan fingerprint density at radius 1 is 0.680 bits per heavy atom. The van der Waals surface area contributed by atoms with Gasteiger partial charge in [-0.1, -0.05) is 90.4 Å². The molecule has 0 rings (SSSR count). The van der Waals surface area contributed by atoms with Crippen LogP contribution in [0.3, 0.4) is 0 Å². The fourth-order valence-electron chi connectivity index (χ4n) is 2.54. The quantitative estimate of drug-likeness (QED) is 0.103. The van der Waals surface area contributed by atoms with Gasteiger partial charge in [0.25, 0.3) is 0 Å². The van der Waals surface area contributed by atoms with E-state index in [0.29, 0.717) is 6.42 Å². The van der Waals surface area contributed by atoms with Crippen LogP contribution < -0.4 is 0 Å². The van der Waals surface area contributed by atoms with Crippen LogP contribution in [0.4, 0.5) is 0 Å². The third kappa shape index (κ3) is 22.2. The Morgan fingerprint density at radius 3 is 1.32 bits per heavy atom. The summed E-state index contributed by atoms with van der Waals surface area (Å²) in [6.07, 6.45) is 17.4. The summed E-state index contributed by atoms with van der Waals surface area (Å²) in [5.74, 6) is 0. The third-order valence-corrected chi connectivity index (χ3v) is 4.85. The minimum Gasteiger partial charge on any atom is 0 e. The van der Waals surface area contributed by atoms with Crippen LogP contribution in [-0.2, 0) is 18.4 Å². The Balaban J connectivity index is -0.00000242. The van der Waals surface area contributed by atoms with Crippen molar-refractivity contribution in [1.82, 2.24) is 0 Å². The van der Waals surface area contributed by atoms with Gasteiger partial charge in [-0.05, 0) is 6.42 Å². The van der Waals surface area contributed by atoms with Crippen molar-refractivity contribution in [2.45, 2.75) is 96.8 Å². The van der Waals surface area contributed by atoms with Gasteiger partial charge in [0.2, 0.25) is 0 Å². The zero-order chi connectivity index (χ0) is 17.2. The molecule has 0 aliphatic heterocycles. The standard InChI is InChI=1S/C16H35O6P.2Na.H/c1-2-3-4-5-6-7-8-9-10-11-12-13-14-15-16-20-23(19,21-17)22-18;;;/h17-18H,2-16H2,1H3;;;. The summed E-state index contributed by atoms with van der Waals surface area (Å²) in [6.45, 7) is 2.37. The van der Waals surface area contributed by atoms with Gasteiger partial charge >= 0.3 is 37.4 Å². The van der Waals surface area contributed by atoms with E-state index in [4.69, 9.17) is 10.5 Å².